The molecule has 51 heavy (non-hydrogen) atoms. The Hall–Kier alpha value is -6.18. The quantitative estimate of drug-likeness (QED) is 0.162. The van der Waals surface area contributed by atoms with Crippen molar-refractivity contribution in [2.75, 3.05) is 4.90 Å². The Balaban J connectivity index is 1.28. The molecule has 1 aliphatic carbocycles. The van der Waals surface area contributed by atoms with Crippen LogP contribution in [-0.4, -0.2) is 0 Å². The molecule has 0 atom stereocenters. The first-order valence-corrected chi connectivity index (χ1v) is 18.0. The molecule has 1 aliphatic rings. The van der Waals surface area contributed by atoms with Crippen LogP contribution in [0.5, 0.6) is 0 Å². The summed E-state index contributed by atoms with van der Waals surface area (Å²) in [5, 5.41) is 7.74. The fourth-order valence-electron chi connectivity index (χ4n) is 8.96. The minimum atomic E-state index is -0.474. The van der Waals surface area contributed by atoms with E-state index in [0.29, 0.717) is 5.92 Å². The van der Waals surface area contributed by atoms with Crippen LogP contribution in [0, 0.1) is 0 Å². The van der Waals surface area contributed by atoms with Gasteiger partial charge in [-0.1, -0.05) is 166 Å². The highest BCUT2D eigenvalue weighted by Gasteiger charge is 2.46. The monoisotopic (exact) mass is 651 g/mol. The largest absolute Gasteiger partial charge is 0.310 e. The summed E-state index contributed by atoms with van der Waals surface area (Å²) in [5.41, 5.74) is 12.1. The van der Waals surface area contributed by atoms with Crippen LogP contribution < -0.4 is 4.90 Å². The Kier molecular flexibility index (Phi) is 6.66. The van der Waals surface area contributed by atoms with Crippen LogP contribution in [0.3, 0.4) is 0 Å². The van der Waals surface area contributed by atoms with E-state index in [1.165, 1.54) is 76.9 Å². The van der Waals surface area contributed by atoms with Crippen molar-refractivity contribution in [3.8, 4) is 11.1 Å². The second-order valence-corrected chi connectivity index (χ2v) is 14.3. The van der Waals surface area contributed by atoms with E-state index in [-0.39, 0.29) is 0 Å². The van der Waals surface area contributed by atoms with E-state index >= 15 is 0 Å². The molecule has 0 aromatic heterocycles. The van der Waals surface area contributed by atoms with Crippen LogP contribution in [0.2, 0.25) is 0 Å². The number of nitrogens with zero attached hydrogens (tertiary/aromatic N) is 1. The van der Waals surface area contributed by atoms with E-state index in [4.69, 9.17) is 0 Å². The molecule has 0 saturated heterocycles. The lowest BCUT2D eigenvalue weighted by atomic mass is 9.67. The topological polar surface area (TPSA) is 3.24 Å². The molecule has 10 rings (SSSR count). The van der Waals surface area contributed by atoms with Crippen LogP contribution in [0.25, 0.3) is 43.4 Å². The maximum absolute atomic E-state index is 2.49. The smallest absolute Gasteiger partial charge is 0.0714 e. The molecule has 0 aliphatic heterocycles. The number of hydrogen-bond acceptors (Lipinski definition) is 1. The summed E-state index contributed by atoms with van der Waals surface area (Å²) in [5.74, 6) is 0.410. The van der Waals surface area contributed by atoms with Gasteiger partial charge in [-0.2, -0.15) is 0 Å². The molecular weight excluding hydrogens is 615 g/mol. The van der Waals surface area contributed by atoms with Crippen molar-refractivity contribution in [3.63, 3.8) is 0 Å². The second kappa shape index (κ2) is 11.4. The van der Waals surface area contributed by atoms with Crippen molar-refractivity contribution in [2.45, 2.75) is 25.2 Å². The van der Waals surface area contributed by atoms with Gasteiger partial charge in [-0.05, 0) is 102 Å². The predicted molar refractivity (Wildman–Crippen MR) is 216 cm³/mol. The molecule has 0 saturated carbocycles. The molecule has 0 heterocycles. The minimum Gasteiger partial charge on any atom is -0.310 e. The minimum absolute atomic E-state index is 0.410. The van der Waals surface area contributed by atoms with E-state index in [9.17, 15) is 0 Å². The maximum atomic E-state index is 2.49. The first kappa shape index (κ1) is 29.7. The second-order valence-electron chi connectivity index (χ2n) is 14.3. The summed E-state index contributed by atoms with van der Waals surface area (Å²) in [4.78, 5) is 2.49. The third-order valence-corrected chi connectivity index (χ3v) is 11.2. The van der Waals surface area contributed by atoms with Crippen molar-refractivity contribution in [1.82, 2.24) is 0 Å². The van der Waals surface area contributed by atoms with E-state index in [1.807, 2.05) is 0 Å². The lowest BCUT2D eigenvalue weighted by Crippen LogP contribution is -2.28. The molecule has 0 N–H and O–H groups in total. The van der Waals surface area contributed by atoms with E-state index in [1.54, 1.807) is 0 Å². The normalized spacial score (nSPS) is 13.2. The Morgan fingerprint density at radius 2 is 0.980 bits per heavy atom. The van der Waals surface area contributed by atoms with Gasteiger partial charge in [-0.15, -0.1) is 0 Å². The fraction of sp³-hybridized carbons (Fsp3) is 0.0800. The van der Waals surface area contributed by atoms with Gasteiger partial charge in [0.1, 0.15) is 0 Å². The van der Waals surface area contributed by atoms with Gasteiger partial charge in [0, 0.05) is 16.8 Å². The predicted octanol–water partition coefficient (Wildman–Crippen LogP) is 13.5. The van der Waals surface area contributed by atoms with Gasteiger partial charge in [0.05, 0.1) is 11.1 Å². The standard InChI is InChI=1S/C50H37N/c1-33(2)37-15-11-19-40(31-37)51(47-30-28-36-26-25-34-13-10-14-35-27-29-44(47)49(36)48(34)35)41-20-12-18-39(32-41)50(38-16-4-3-5-17-38)45-23-8-6-21-42(45)43-22-7-9-24-46(43)50/h3-33H,1-2H3. The van der Waals surface area contributed by atoms with Crippen molar-refractivity contribution in [3.05, 3.63) is 210 Å². The van der Waals surface area contributed by atoms with Crippen LogP contribution in [0.15, 0.2) is 182 Å². The number of benzene rings is 9. The molecule has 1 heteroatoms. The molecular formula is C50H37N. The molecule has 0 unspecified atom stereocenters. The van der Waals surface area contributed by atoms with Gasteiger partial charge < -0.3 is 4.90 Å². The SMILES string of the molecule is CC(C)c1cccc(N(c2cccc(C3(c4ccccc4)c4ccccc4-c4ccccc43)c2)c2ccc3ccc4cccc5ccc2c3c45)c1. The highest BCUT2D eigenvalue weighted by Crippen LogP contribution is 2.56. The average molecular weight is 652 g/mol. The lowest BCUT2D eigenvalue weighted by Gasteiger charge is -2.35. The Morgan fingerprint density at radius 3 is 1.69 bits per heavy atom. The van der Waals surface area contributed by atoms with Crippen molar-refractivity contribution in [2.24, 2.45) is 0 Å². The summed E-state index contributed by atoms with van der Waals surface area (Å²) in [6.07, 6.45) is 0. The molecule has 242 valence electrons. The average Bonchev–Trinajstić information content (AvgIpc) is 3.49. The van der Waals surface area contributed by atoms with Gasteiger partial charge in [0.15, 0.2) is 0 Å². The first-order chi connectivity index (χ1) is 25.1. The molecule has 0 amide bonds. The molecule has 9 aromatic rings. The highest BCUT2D eigenvalue weighted by molar-refractivity contribution is 6.25. The van der Waals surface area contributed by atoms with Crippen molar-refractivity contribution < 1.29 is 0 Å². The van der Waals surface area contributed by atoms with Crippen molar-refractivity contribution >= 4 is 49.4 Å². The number of fused-ring (bicyclic) bond motifs is 3. The van der Waals surface area contributed by atoms with E-state index < -0.39 is 5.41 Å². The highest BCUT2D eigenvalue weighted by atomic mass is 15.1. The van der Waals surface area contributed by atoms with Gasteiger partial charge in [-0.25, -0.2) is 0 Å². The third-order valence-electron chi connectivity index (χ3n) is 11.2. The summed E-state index contributed by atoms with van der Waals surface area (Å²) >= 11 is 0. The Morgan fingerprint density at radius 1 is 0.431 bits per heavy atom. The molecule has 0 bridgehead atoms. The van der Waals surface area contributed by atoms with Crippen LogP contribution in [-0.2, 0) is 5.41 Å². The van der Waals surface area contributed by atoms with E-state index in [2.05, 4.69) is 201 Å². The zero-order chi connectivity index (χ0) is 34.1. The van der Waals surface area contributed by atoms with Gasteiger partial charge in [0.25, 0.3) is 0 Å². The number of rotatable bonds is 6. The van der Waals surface area contributed by atoms with Crippen molar-refractivity contribution in [1.29, 1.82) is 0 Å². The maximum Gasteiger partial charge on any atom is 0.0714 e. The summed E-state index contributed by atoms with van der Waals surface area (Å²) in [6.45, 7) is 4.55. The molecule has 0 spiro atoms. The lowest BCUT2D eigenvalue weighted by molar-refractivity contribution is 0.768. The molecule has 1 nitrogen and oxygen atoms in total. The van der Waals surface area contributed by atoms with E-state index in [0.717, 1.165) is 11.4 Å². The first-order valence-electron chi connectivity index (χ1n) is 18.0. The summed E-state index contributed by atoms with van der Waals surface area (Å²) < 4.78 is 0. The van der Waals surface area contributed by atoms with Crippen LogP contribution in [0.1, 0.15) is 47.6 Å². The Bertz CT molecular complexity index is 2680. The summed E-state index contributed by atoms with van der Waals surface area (Å²) in [7, 11) is 0. The van der Waals surface area contributed by atoms with Gasteiger partial charge >= 0.3 is 0 Å². The number of hydrogen-bond donors (Lipinski definition) is 0. The molecule has 0 radical (unpaired) electrons. The zero-order valence-electron chi connectivity index (χ0n) is 28.8. The van der Waals surface area contributed by atoms with Gasteiger partial charge in [-0.3, -0.25) is 0 Å². The van der Waals surface area contributed by atoms with Crippen LogP contribution in [0.4, 0.5) is 17.1 Å². The Labute approximate surface area is 299 Å². The van der Waals surface area contributed by atoms with Gasteiger partial charge in [0.2, 0.25) is 0 Å². The number of anilines is 3. The zero-order valence-corrected chi connectivity index (χ0v) is 28.8. The molecule has 9 aromatic carbocycles. The van der Waals surface area contributed by atoms with Crippen LogP contribution >= 0.6 is 0 Å². The fourth-order valence-corrected chi connectivity index (χ4v) is 8.96. The summed E-state index contributed by atoms with van der Waals surface area (Å²) in [6, 6.07) is 67.9. The molecule has 0 fully saturated rings. The third kappa shape index (κ3) is 4.34.